The highest BCUT2D eigenvalue weighted by molar-refractivity contribution is 5.94. The fourth-order valence-electron chi connectivity index (χ4n) is 4.32. The van der Waals surface area contributed by atoms with Gasteiger partial charge in [0.05, 0.1) is 11.0 Å². The van der Waals surface area contributed by atoms with Gasteiger partial charge in [-0.25, -0.2) is 4.98 Å². The van der Waals surface area contributed by atoms with E-state index in [-0.39, 0.29) is 0 Å². The standard InChI is InChI=1S/C23H30N2/c1-11-12(2)14(4)20(15(5)13(11)3)21-16(6)17(7)23-22(18(21)8)24-19(9)25(23)10/h1-10H3. The molecule has 25 heavy (non-hydrogen) atoms. The number of rotatable bonds is 1. The summed E-state index contributed by atoms with van der Waals surface area (Å²) in [4.78, 5) is 4.89. The molecule has 0 amide bonds. The molecule has 2 heteroatoms. The van der Waals surface area contributed by atoms with Crippen molar-refractivity contribution in [2.75, 3.05) is 0 Å². The van der Waals surface area contributed by atoms with Crippen molar-refractivity contribution in [1.29, 1.82) is 0 Å². The molecule has 0 aliphatic heterocycles. The van der Waals surface area contributed by atoms with Gasteiger partial charge in [0.15, 0.2) is 0 Å². The van der Waals surface area contributed by atoms with E-state index in [0.29, 0.717) is 0 Å². The molecular formula is C23H30N2. The summed E-state index contributed by atoms with van der Waals surface area (Å²) in [5.41, 5.74) is 16.3. The molecule has 1 aromatic heterocycles. The van der Waals surface area contributed by atoms with Crippen molar-refractivity contribution in [3.05, 3.63) is 50.3 Å². The Kier molecular flexibility index (Phi) is 4.06. The Morgan fingerprint density at radius 3 is 1.44 bits per heavy atom. The minimum Gasteiger partial charge on any atom is -0.331 e. The molecule has 3 aromatic rings. The van der Waals surface area contributed by atoms with Gasteiger partial charge in [-0.3, -0.25) is 0 Å². The van der Waals surface area contributed by atoms with Gasteiger partial charge in [0.25, 0.3) is 0 Å². The monoisotopic (exact) mass is 334 g/mol. The summed E-state index contributed by atoms with van der Waals surface area (Å²) in [6.07, 6.45) is 0. The Labute approximate surface area is 151 Å². The van der Waals surface area contributed by atoms with E-state index in [1.165, 1.54) is 61.2 Å². The third-order valence-corrected chi connectivity index (χ3v) is 6.59. The minimum absolute atomic E-state index is 1.07. The van der Waals surface area contributed by atoms with Gasteiger partial charge in [0.1, 0.15) is 5.82 Å². The lowest BCUT2D eigenvalue weighted by molar-refractivity contribution is 0.882. The van der Waals surface area contributed by atoms with Crippen LogP contribution in [0.1, 0.15) is 50.3 Å². The lowest BCUT2D eigenvalue weighted by atomic mass is 9.82. The van der Waals surface area contributed by atoms with E-state index in [0.717, 1.165) is 11.3 Å². The van der Waals surface area contributed by atoms with Crippen LogP contribution in [-0.2, 0) is 7.05 Å². The smallest absolute Gasteiger partial charge is 0.106 e. The summed E-state index contributed by atoms with van der Waals surface area (Å²) >= 11 is 0. The molecule has 132 valence electrons. The molecule has 0 bridgehead atoms. The maximum Gasteiger partial charge on any atom is 0.106 e. The maximum absolute atomic E-state index is 4.89. The molecule has 0 aliphatic carbocycles. The zero-order valence-corrected chi connectivity index (χ0v) is 17.4. The molecule has 0 spiro atoms. The second-order valence-corrected chi connectivity index (χ2v) is 7.67. The van der Waals surface area contributed by atoms with Crippen molar-refractivity contribution in [2.24, 2.45) is 7.05 Å². The molecule has 0 radical (unpaired) electrons. The predicted molar refractivity (Wildman–Crippen MR) is 109 cm³/mol. The van der Waals surface area contributed by atoms with Gasteiger partial charge in [-0.1, -0.05) is 0 Å². The quantitative estimate of drug-likeness (QED) is 0.532. The summed E-state index contributed by atoms with van der Waals surface area (Å²) in [5.74, 6) is 1.07. The Hall–Kier alpha value is -2.09. The Bertz CT molecular complexity index is 1000. The fourth-order valence-corrected chi connectivity index (χ4v) is 4.32. The van der Waals surface area contributed by atoms with Gasteiger partial charge in [0.2, 0.25) is 0 Å². The molecule has 0 N–H and O–H groups in total. The second kappa shape index (κ2) is 5.72. The van der Waals surface area contributed by atoms with Gasteiger partial charge >= 0.3 is 0 Å². The van der Waals surface area contributed by atoms with Crippen molar-refractivity contribution < 1.29 is 0 Å². The first-order valence-electron chi connectivity index (χ1n) is 9.09. The van der Waals surface area contributed by atoms with Gasteiger partial charge in [-0.05, 0) is 118 Å². The summed E-state index contributed by atoms with van der Waals surface area (Å²) in [5, 5.41) is 0. The Morgan fingerprint density at radius 2 is 0.920 bits per heavy atom. The van der Waals surface area contributed by atoms with Crippen LogP contribution in [0.2, 0.25) is 0 Å². The summed E-state index contributed by atoms with van der Waals surface area (Å²) in [7, 11) is 2.12. The number of aromatic nitrogens is 2. The highest BCUT2D eigenvalue weighted by Gasteiger charge is 2.22. The SMILES string of the molecule is Cc1c(C)c(C)c(-c2c(C)c(C)c3c(nc(C)n3C)c2C)c(C)c1C. The number of imidazole rings is 1. The average molecular weight is 335 g/mol. The van der Waals surface area contributed by atoms with E-state index in [1.54, 1.807) is 0 Å². The molecule has 3 rings (SSSR count). The summed E-state index contributed by atoms with van der Waals surface area (Å²) < 4.78 is 2.22. The van der Waals surface area contributed by atoms with Gasteiger partial charge in [-0.15, -0.1) is 0 Å². The molecule has 0 unspecified atom stereocenters. The van der Waals surface area contributed by atoms with Crippen LogP contribution in [0.15, 0.2) is 0 Å². The first-order valence-corrected chi connectivity index (χ1v) is 9.09. The molecule has 0 atom stereocenters. The highest BCUT2D eigenvalue weighted by Crippen LogP contribution is 2.41. The van der Waals surface area contributed by atoms with E-state index < -0.39 is 0 Å². The van der Waals surface area contributed by atoms with Gasteiger partial charge in [-0.2, -0.15) is 0 Å². The number of fused-ring (bicyclic) bond motifs is 1. The lowest BCUT2D eigenvalue weighted by Crippen LogP contribution is -2.04. The molecule has 0 aliphatic rings. The number of hydrogen-bond donors (Lipinski definition) is 0. The van der Waals surface area contributed by atoms with Crippen LogP contribution < -0.4 is 0 Å². The molecule has 2 nitrogen and oxygen atoms in total. The van der Waals surface area contributed by atoms with E-state index in [1.807, 2.05) is 0 Å². The van der Waals surface area contributed by atoms with E-state index in [2.05, 4.69) is 73.9 Å². The van der Waals surface area contributed by atoms with Crippen LogP contribution in [0.3, 0.4) is 0 Å². The first kappa shape index (κ1) is 17.7. The predicted octanol–water partition coefficient (Wildman–Crippen LogP) is 6.02. The zero-order chi connectivity index (χ0) is 18.8. The summed E-state index contributed by atoms with van der Waals surface area (Å²) in [6, 6.07) is 0. The van der Waals surface area contributed by atoms with Gasteiger partial charge in [0, 0.05) is 7.05 Å². The third-order valence-electron chi connectivity index (χ3n) is 6.59. The number of nitrogens with zero attached hydrogens (tertiary/aromatic N) is 2. The molecule has 0 saturated carbocycles. The number of benzene rings is 2. The van der Waals surface area contributed by atoms with Crippen LogP contribution in [-0.4, -0.2) is 9.55 Å². The van der Waals surface area contributed by atoms with Crippen molar-refractivity contribution in [2.45, 2.75) is 62.3 Å². The van der Waals surface area contributed by atoms with E-state index >= 15 is 0 Å². The molecule has 0 saturated heterocycles. The number of aryl methyl sites for hydroxylation is 4. The minimum atomic E-state index is 1.07. The average Bonchev–Trinajstić information content (AvgIpc) is 2.88. The Balaban J connectivity index is 2.55. The van der Waals surface area contributed by atoms with E-state index in [9.17, 15) is 0 Å². The second-order valence-electron chi connectivity index (χ2n) is 7.67. The zero-order valence-electron chi connectivity index (χ0n) is 17.4. The molecule has 1 heterocycles. The van der Waals surface area contributed by atoms with Crippen LogP contribution in [0, 0.1) is 62.3 Å². The molecule has 0 fully saturated rings. The van der Waals surface area contributed by atoms with Crippen LogP contribution in [0.5, 0.6) is 0 Å². The van der Waals surface area contributed by atoms with Crippen LogP contribution in [0.4, 0.5) is 0 Å². The molecular weight excluding hydrogens is 304 g/mol. The normalized spacial score (nSPS) is 11.6. The van der Waals surface area contributed by atoms with Crippen molar-refractivity contribution in [3.8, 4) is 11.1 Å². The van der Waals surface area contributed by atoms with Crippen LogP contribution in [0.25, 0.3) is 22.2 Å². The fraction of sp³-hybridized carbons (Fsp3) is 0.435. The van der Waals surface area contributed by atoms with Gasteiger partial charge < -0.3 is 4.57 Å². The van der Waals surface area contributed by atoms with Crippen molar-refractivity contribution >= 4 is 11.0 Å². The third kappa shape index (κ3) is 2.27. The topological polar surface area (TPSA) is 17.8 Å². The summed E-state index contributed by atoms with van der Waals surface area (Å²) in [6.45, 7) is 20.1. The highest BCUT2D eigenvalue weighted by atomic mass is 15.1. The molecule has 2 aromatic carbocycles. The lowest BCUT2D eigenvalue weighted by Gasteiger charge is -2.23. The first-order chi connectivity index (χ1) is 11.6. The largest absolute Gasteiger partial charge is 0.331 e. The van der Waals surface area contributed by atoms with E-state index in [4.69, 9.17) is 4.98 Å². The maximum atomic E-state index is 4.89. The van der Waals surface area contributed by atoms with Crippen molar-refractivity contribution in [1.82, 2.24) is 9.55 Å². The number of hydrogen-bond acceptors (Lipinski definition) is 1. The Morgan fingerprint density at radius 1 is 0.520 bits per heavy atom. The van der Waals surface area contributed by atoms with Crippen LogP contribution >= 0.6 is 0 Å². The van der Waals surface area contributed by atoms with Crippen molar-refractivity contribution in [3.63, 3.8) is 0 Å².